The molecule has 0 unspecified atom stereocenters. The molecule has 0 radical (unpaired) electrons. The Kier molecular flexibility index (Phi) is 3.93. The second-order valence-electron chi connectivity index (χ2n) is 4.69. The summed E-state index contributed by atoms with van der Waals surface area (Å²) < 4.78 is 0.0943. The van der Waals surface area contributed by atoms with Gasteiger partial charge in [-0.3, -0.25) is 0 Å². The Bertz CT molecular complexity index is 342. The molecule has 2 rings (SSSR count). The molecule has 1 aliphatic heterocycles. The van der Waals surface area contributed by atoms with Gasteiger partial charge in [-0.25, -0.2) is 0 Å². The van der Waals surface area contributed by atoms with Crippen LogP contribution >= 0.6 is 12.6 Å². The Morgan fingerprint density at radius 3 is 2.62 bits per heavy atom. The van der Waals surface area contributed by atoms with E-state index in [1.165, 1.54) is 24.0 Å². The maximum atomic E-state index is 4.96. The molecule has 1 nitrogen and oxygen atoms in total. The molecule has 0 amide bonds. The van der Waals surface area contributed by atoms with Crippen LogP contribution < -0.4 is 5.32 Å². The van der Waals surface area contributed by atoms with Crippen LogP contribution in [0.1, 0.15) is 37.3 Å². The number of hydrogen-bond acceptors (Lipinski definition) is 2. The fraction of sp³-hybridized carbons (Fsp3) is 0.571. The lowest BCUT2D eigenvalue weighted by molar-refractivity contribution is 0.424. The van der Waals surface area contributed by atoms with Crippen LogP contribution in [-0.4, -0.2) is 13.1 Å². The van der Waals surface area contributed by atoms with Gasteiger partial charge in [0, 0.05) is 4.75 Å². The van der Waals surface area contributed by atoms with Crippen LogP contribution in [0.2, 0.25) is 0 Å². The second-order valence-corrected chi connectivity index (χ2v) is 5.54. The van der Waals surface area contributed by atoms with Crippen molar-refractivity contribution in [3.63, 3.8) is 0 Å². The van der Waals surface area contributed by atoms with Crippen LogP contribution in [0.15, 0.2) is 24.3 Å². The summed E-state index contributed by atoms with van der Waals surface area (Å²) in [5.41, 5.74) is 2.95. The Labute approximate surface area is 104 Å². The molecule has 1 aliphatic rings. The van der Waals surface area contributed by atoms with E-state index in [1.807, 2.05) is 0 Å². The lowest BCUT2D eigenvalue weighted by Gasteiger charge is -2.35. The third-order valence-corrected chi connectivity index (χ3v) is 4.16. The average molecular weight is 235 g/mol. The standard InChI is InChI=1S/C14H21NS/c1-2-5-12-6-3-4-7-13(12)14(16)8-10-15-11-9-14/h3-4,6-7,15-16H,2,5,8-11H2,1H3. The lowest BCUT2D eigenvalue weighted by Crippen LogP contribution is -2.36. The molecule has 0 atom stereocenters. The van der Waals surface area contributed by atoms with Gasteiger partial charge in [0.15, 0.2) is 0 Å². The molecular formula is C14H21NS. The minimum absolute atomic E-state index is 0.0943. The summed E-state index contributed by atoms with van der Waals surface area (Å²) in [7, 11) is 0. The third kappa shape index (κ3) is 2.44. The molecule has 2 heteroatoms. The summed E-state index contributed by atoms with van der Waals surface area (Å²) in [6.07, 6.45) is 4.65. The highest BCUT2D eigenvalue weighted by molar-refractivity contribution is 7.81. The first-order chi connectivity index (χ1) is 7.76. The smallest absolute Gasteiger partial charge is 0.0405 e. The zero-order chi connectivity index (χ0) is 11.4. The first-order valence-electron chi connectivity index (χ1n) is 6.28. The monoisotopic (exact) mass is 235 g/mol. The highest BCUT2D eigenvalue weighted by atomic mass is 32.1. The van der Waals surface area contributed by atoms with E-state index < -0.39 is 0 Å². The van der Waals surface area contributed by atoms with Gasteiger partial charge in [-0.05, 0) is 43.5 Å². The van der Waals surface area contributed by atoms with Crippen molar-refractivity contribution in [3.05, 3.63) is 35.4 Å². The van der Waals surface area contributed by atoms with Crippen molar-refractivity contribution in [2.24, 2.45) is 0 Å². The van der Waals surface area contributed by atoms with Gasteiger partial charge in [0.05, 0.1) is 0 Å². The highest BCUT2D eigenvalue weighted by Crippen LogP contribution is 2.39. The molecule has 0 aliphatic carbocycles. The van der Waals surface area contributed by atoms with E-state index in [9.17, 15) is 0 Å². The first kappa shape index (κ1) is 12.0. The zero-order valence-corrected chi connectivity index (χ0v) is 10.9. The summed E-state index contributed by atoms with van der Waals surface area (Å²) in [5.74, 6) is 0. The van der Waals surface area contributed by atoms with Crippen LogP contribution in [0.3, 0.4) is 0 Å². The molecule has 16 heavy (non-hydrogen) atoms. The SMILES string of the molecule is CCCc1ccccc1C1(S)CCNCC1. The number of piperidine rings is 1. The van der Waals surface area contributed by atoms with Gasteiger partial charge in [0.25, 0.3) is 0 Å². The molecular weight excluding hydrogens is 214 g/mol. The highest BCUT2D eigenvalue weighted by Gasteiger charge is 2.31. The number of aryl methyl sites for hydroxylation is 1. The molecule has 1 saturated heterocycles. The quantitative estimate of drug-likeness (QED) is 0.767. The van der Waals surface area contributed by atoms with Crippen LogP contribution in [0, 0.1) is 0 Å². The minimum atomic E-state index is 0.0943. The average Bonchev–Trinajstić information content (AvgIpc) is 2.31. The molecule has 0 aromatic heterocycles. The third-order valence-electron chi connectivity index (χ3n) is 3.47. The van der Waals surface area contributed by atoms with Crippen molar-refractivity contribution in [1.29, 1.82) is 0 Å². The van der Waals surface area contributed by atoms with Gasteiger partial charge in [-0.15, -0.1) is 0 Å². The maximum absolute atomic E-state index is 4.96. The Balaban J connectivity index is 2.30. The summed E-state index contributed by atoms with van der Waals surface area (Å²) in [4.78, 5) is 0. The topological polar surface area (TPSA) is 12.0 Å². The second kappa shape index (κ2) is 5.24. The van der Waals surface area contributed by atoms with E-state index in [1.54, 1.807) is 0 Å². The Morgan fingerprint density at radius 2 is 1.94 bits per heavy atom. The van der Waals surface area contributed by atoms with Crippen molar-refractivity contribution in [2.45, 2.75) is 37.4 Å². The number of thiol groups is 1. The van der Waals surface area contributed by atoms with Gasteiger partial charge in [-0.1, -0.05) is 37.6 Å². The Morgan fingerprint density at radius 1 is 1.25 bits per heavy atom. The van der Waals surface area contributed by atoms with Crippen LogP contribution in [0.4, 0.5) is 0 Å². The van der Waals surface area contributed by atoms with Crippen molar-refractivity contribution in [2.75, 3.05) is 13.1 Å². The maximum Gasteiger partial charge on any atom is 0.0405 e. The van der Waals surface area contributed by atoms with Gasteiger partial charge < -0.3 is 5.32 Å². The number of nitrogens with one attached hydrogen (secondary N) is 1. The van der Waals surface area contributed by atoms with E-state index >= 15 is 0 Å². The number of hydrogen-bond donors (Lipinski definition) is 2. The molecule has 1 N–H and O–H groups in total. The zero-order valence-electron chi connectivity index (χ0n) is 10.00. The molecule has 1 aromatic rings. The number of benzene rings is 1. The molecule has 1 fully saturated rings. The molecule has 0 bridgehead atoms. The van der Waals surface area contributed by atoms with Gasteiger partial charge in [-0.2, -0.15) is 12.6 Å². The molecule has 88 valence electrons. The first-order valence-corrected chi connectivity index (χ1v) is 6.72. The van der Waals surface area contributed by atoms with Crippen LogP contribution in [-0.2, 0) is 11.2 Å². The van der Waals surface area contributed by atoms with E-state index in [4.69, 9.17) is 12.6 Å². The van der Waals surface area contributed by atoms with Gasteiger partial charge in [0.2, 0.25) is 0 Å². The predicted molar refractivity (Wildman–Crippen MR) is 73.2 cm³/mol. The summed E-state index contributed by atoms with van der Waals surface area (Å²) >= 11 is 4.96. The van der Waals surface area contributed by atoms with E-state index in [0.29, 0.717) is 0 Å². The summed E-state index contributed by atoms with van der Waals surface area (Å²) in [5, 5.41) is 3.41. The molecule has 0 saturated carbocycles. The lowest BCUT2D eigenvalue weighted by atomic mass is 9.85. The normalized spacial score (nSPS) is 19.6. The molecule has 1 heterocycles. The van der Waals surface area contributed by atoms with Gasteiger partial charge >= 0.3 is 0 Å². The summed E-state index contributed by atoms with van der Waals surface area (Å²) in [6, 6.07) is 8.82. The van der Waals surface area contributed by atoms with Crippen molar-refractivity contribution in [1.82, 2.24) is 5.32 Å². The predicted octanol–water partition coefficient (Wildman–Crippen LogP) is 3.15. The molecule has 1 aromatic carbocycles. The number of rotatable bonds is 3. The minimum Gasteiger partial charge on any atom is -0.317 e. The Hall–Kier alpha value is -0.470. The fourth-order valence-corrected chi connectivity index (χ4v) is 3.01. The summed E-state index contributed by atoms with van der Waals surface area (Å²) in [6.45, 7) is 4.41. The molecule has 0 spiro atoms. The van der Waals surface area contributed by atoms with Crippen LogP contribution in [0.5, 0.6) is 0 Å². The van der Waals surface area contributed by atoms with E-state index in [0.717, 1.165) is 25.9 Å². The van der Waals surface area contributed by atoms with Crippen LogP contribution in [0.25, 0.3) is 0 Å². The van der Waals surface area contributed by atoms with Gasteiger partial charge in [0.1, 0.15) is 0 Å². The fourth-order valence-electron chi connectivity index (χ4n) is 2.57. The van der Waals surface area contributed by atoms with Crippen molar-refractivity contribution >= 4 is 12.6 Å². The van der Waals surface area contributed by atoms with E-state index in [2.05, 4.69) is 36.5 Å². The van der Waals surface area contributed by atoms with Crippen molar-refractivity contribution in [3.8, 4) is 0 Å². The van der Waals surface area contributed by atoms with E-state index in [-0.39, 0.29) is 4.75 Å². The largest absolute Gasteiger partial charge is 0.317 e. The van der Waals surface area contributed by atoms with Crippen molar-refractivity contribution < 1.29 is 0 Å².